The number of aliphatic carboxylic acids is 1. The quantitative estimate of drug-likeness (QED) is 0.454. The molecule has 0 unspecified atom stereocenters. The summed E-state index contributed by atoms with van der Waals surface area (Å²) < 4.78 is 2.15. The second-order valence-electron chi connectivity index (χ2n) is 10.1. The van der Waals surface area contributed by atoms with Crippen LogP contribution in [0.15, 0.2) is 42.7 Å². The van der Waals surface area contributed by atoms with Crippen molar-refractivity contribution in [3.63, 3.8) is 0 Å². The summed E-state index contributed by atoms with van der Waals surface area (Å²) in [4.78, 5) is 30.0. The first kappa shape index (κ1) is 22.3. The van der Waals surface area contributed by atoms with Crippen LogP contribution in [-0.4, -0.2) is 26.4 Å². The van der Waals surface area contributed by atoms with Crippen molar-refractivity contribution >= 4 is 22.7 Å². The number of carboxylic acids is 1. The monoisotopic (exact) mass is 432 g/mol. The zero-order valence-electron chi connectivity index (χ0n) is 19.4. The van der Waals surface area contributed by atoms with E-state index in [-0.39, 0.29) is 11.7 Å². The van der Waals surface area contributed by atoms with Crippen LogP contribution < -0.4 is 0 Å². The van der Waals surface area contributed by atoms with Gasteiger partial charge in [-0.25, -0.2) is 0 Å². The van der Waals surface area contributed by atoms with E-state index in [4.69, 9.17) is 0 Å². The Balaban J connectivity index is 1.98. The van der Waals surface area contributed by atoms with Crippen molar-refractivity contribution in [3.05, 3.63) is 65.1 Å². The molecular weight excluding hydrogens is 400 g/mol. The van der Waals surface area contributed by atoms with Crippen LogP contribution in [0.1, 0.15) is 80.1 Å². The van der Waals surface area contributed by atoms with Gasteiger partial charge in [0.1, 0.15) is 0 Å². The number of fused-ring (bicyclic) bond motifs is 1. The molecule has 1 fully saturated rings. The van der Waals surface area contributed by atoms with Gasteiger partial charge in [-0.15, -0.1) is 0 Å². The first-order valence-corrected chi connectivity index (χ1v) is 11.5. The molecule has 32 heavy (non-hydrogen) atoms. The minimum Gasteiger partial charge on any atom is -0.481 e. The first-order valence-electron chi connectivity index (χ1n) is 11.5. The zero-order valence-corrected chi connectivity index (χ0v) is 19.4. The van der Waals surface area contributed by atoms with Gasteiger partial charge in [0, 0.05) is 53.4 Å². The molecule has 2 heterocycles. The Hall–Kier alpha value is -2.95. The third kappa shape index (κ3) is 4.08. The Bertz CT molecular complexity index is 1150. The third-order valence-corrected chi connectivity index (χ3v) is 6.84. The number of carbonyl (C=O) groups excluding carboxylic acids is 1. The lowest BCUT2D eigenvalue weighted by atomic mass is 9.78. The number of benzene rings is 1. The molecule has 168 valence electrons. The number of hydrogen-bond donors (Lipinski definition) is 1. The third-order valence-electron chi connectivity index (χ3n) is 6.84. The number of nitrogens with zero attached hydrogens (tertiary/aromatic N) is 2. The standard InChI is InChI=1S/C27H32N2O3/c1-17(2)20-10-11-22-21(13-20)24(25(30)19-8-5-9-19)23(14-27(3,4)26(31)32)29(22)16-18-7-6-12-28-15-18/h6-7,10-13,15,17,19H,5,8-9,14,16H2,1-4H3,(H,31,32). The molecular formula is C27H32N2O3. The molecule has 1 N–H and O–H groups in total. The van der Waals surface area contributed by atoms with Crippen LogP contribution in [0.2, 0.25) is 0 Å². The first-order chi connectivity index (χ1) is 15.2. The Kier molecular flexibility index (Phi) is 5.93. The number of aromatic nitrogens is 2. The summed E-state index contributed by atoms with van der Waals surface area (Å²) in [6, 6.07) is 10.3. The van der Waals surface area contributed by atoms with Crippen LogP contribution in [0.5, 0.6) is 0 Å². The van der Waals surface area contributed by atoms with E-state index >= 15 is 0 Å². The van der Waals surface area contributed by atoms with Gasteiger partial charge >= 0.3 is 5.97 Å². The van der Waals surface area contributed by atoms with Crippen LogP contribution in [0.25, 0.3) is 10.9 Å². The molecule has 0 amide bonds. The summed E-state index contributed by atoms with van der Waals surface area (Å²) in [6.07, 6.45) is 6.78. The van der Waals surface area contributed by atoms with E-state index in [0.717, 1.165) is 47.0 Å². The van der Waals surface area contributed by atoms with E-state index in [0.29, 0.717) is 18.9 Å². The van der Waals surface area contributed by atoms with Crippen LogP contribution in [0.4, 0.5) is 0 Å². The number of ketones is 1. The van der Waals surface area contributed by atoms with E-state index < -0.39 is 11.4 Å². The predicted molar refractivity (Wildman–Crippen MR) is 126 cm³/mol. The van der Waals surface area contributed by atoms with Gasteiger partial charge in [-0.1, -0.05) is 32.4 Å². The molecule has 4 rings (SSSR count). The van der Waals surface area contributed by atoms with E-state index in [1.807, 2.05) is 18.3 Å². The number of carbonyl (C=O) groups is 2. The van der Waals surface area contributed by atoms with Gasteiger partial charge in [-0.2, -0.15) is 0 Å². The predicted octanol–water partition coefficient (Wildman–Crippen LogP) is 5.84. The molecule has 0 atom stereocenters. The summed E-state index contributed by atoms with van der Waals surface area (Å²) in [7, 11) is 0. The molecule has 1 aliphatic rings. The largest absolute Gasteiger partial charge is 0.481 e. The van der Waals surface area contributed by atoms with Crippen LogP contribution >= 0.6 is 0 Å². The number of carboxylic acid groups (broad SMARTS) is 1. The van der Waals surface area contributed by atoms with Gasteiger partial charge in [0.15, 0.2) is 5.78 Å². The smallest absolute Gasteiger partial charge is 0.309 e. The normalized spacial score (nSPS) is 14.7. The van der Waals surface area contributed by atoms with Gasteiger partial charge < -0.3 is 9.67 Å². The van der Waals surface area contributed by atoms with Gasteiger partial charge in [0.05, 0.1) is 5.41 Å². The SMILES string of the molecule is CC(C)c1ccc2c(c1)c(C(=O)C1CCC1)c(CC(C)(C)C(=O)O)n2Cc1cccnc1. The summed E-state index contributed by atoms with van der Waals surface area (Å²) in [5.74, 6) is -0.308. The Morgan fingerprint density at radius 3 is 2.53 bits per heavy atom. The lowest BCUT2D eigenvalue weighted by molar-refractivity contribution is -0.146. The maximum atomic E-state index is 13.7. The minimum absolute atomic E-state index is 0.0434. The topological polar surface area (TPSA) is 72.2 Å². The lowest BCUT2D eigenvalue weighted by Gasteiger charge is -2.26. The van der Waals surface area contributed by atoms with Gasteiger partial charge in [0.2, 0.25) is 0 Å². The fourth-order valence-electron chi connectivity index (χ4n) is 4.47. The van der Waals surface area contributed by atoms with Crippen molar-refractivity contribution in [2.24, 2.45) is 11.3 Å². The number of rotatable bonds is 8. The molecule has 3 aromatic rings. The second kappa shape index (κ2) is 8.53. The average Bonchev–Trinajstić information content (AvgIpc) is 2.99. The van der Waals surface area contributed by atoms with Crippen molar-refractivity contribution in [2.45, 2.75) is 65.8 Å². The van der Waals surface area contributed by atoms with Crippen molar-refractivity contribution in [3.8, 4) is 0 Å². The molecule has 5 heteroatoms. The fourth-order valence-corrected chi connectivity index (χ4v) is 4.47. The van der Waals surface area contributed by atoms with E-state index in [9.17, 15) is 14.7 Å². The molecule has 1 saturated carbocycles. The van der Waals surface area contributed by atoms with Gasteiger partial charge in [-0.05, 0) is 61.9 Å². The van der Waals surface area contributed by atoms with Crippen LogP contribution in [0.3, 0.4) is 0 Å². The highest BCUT2D eigenvalue weighted by Gasteiger charge is 2.36. The van der Waals surface area contributed by atoms with E-state index in [1.54, 1.807) is 20.0 Å². The molecule has 1 aliphatic carbocycles. The van der Waals surface area contributed by atoms with E-state index in [2.05, 4.69) is 41.6 Å². The van der Waals surface area contributed by atoms with Gasteiger partial charge in [0.25, 0.3) is 0 Å². The maximum absolute atomic E-state index is 13.7. The molecule has 0 aliphatic heterocycles. The zero-order chi connectivity index (χ0) is 23.0. The highest BCUT2D eigenvalue weighted by Crippen LogP contribution is 2.39. The van der Waals surface area contributed by atoms with Crippen molar-refractivity contribution in [1.29, 1.82) is 0 Å². The molecule has 0 bridgehead atoms. The van der Waals surface area contributed by atoms with Crippen molar-refractivity contribution < 1.29 is 14.7 Å². The maximum Gasteiger partial charge on any atom is 0.309 e. The molecule has 5 nitrogen and oxygen atoms in total. The molecule has 1 aromatic carbocycles. The number of Topliss-reactive ketones (excluding diaryl/α,β-unsaturated/α-hetero) is 1. The highest BCUT2D eigenvalue weighted by molar-refractivity contribution is 6.11. The molecule has 0 saturated heterocycles. The number of hydrogen-bond acceptors (Lipinski definition) is 3. The number of pyridine rings is 1. The summed E-state index contributed by atoms with van der Waals surface area (Å²) in [5.41, 5.74) is 3.75. The highest BCUT2D eigenvalue weighted by atomic mass is 16.4. The minimum atomic E-state index is -0.989. The molecule has 0 spiro atoms. The Morgan fingerprint density at radius 1 is 1.22 bits per heavy atom. The summed E-state index contributed by atoms with van der Waals surface area (Å²) in [5, 5.41) is 10.8. The van der Waals surface area contributed by atoms with E-state index in [1.165, 1.54) is 5.56 Å². The Morgan fingerprint density at radius 2 is 1.97 bits per heavy atom. The van der Waals surface area contributed by atoms with Crippen LogP contribution in [0, 0.1) is 11.3 Å². The molecule has 0 radical (unpaired) electrons. The summed E-state index contributed by atoms with van der Waals surface area (Å²) >= 11 is 0. The molecule has 2 aromatic heterocycles. The lowest BCUT2D eigenvalue weighted by Crippen LogP contribution is -2.29. The fraction of sp³-hybridized carbons (Fsp3) is 0.444. The van der Waals surface area contributed by atoms with Crippen molar-refractivity contribution in [2.75, 3.05) is 0 Å². The van der Waals surface area contributed by atoms with Crippen LogP contribution in [-0.2, 0) is 17.8 Å². The van der Waals surface area contributed by atoms with Crippen molar-refractivity contribution in [1.82, 2.24) is 9.55 Å². The van der Waals surface area contributed by atoms with Gasteiger partial charge in [-0.3, -0.25) is 14.6 Å². The summed E-state index contributed by atoms with van der Waals surface area (Å²) in [6.45, 7) is 8.32. The second-order valence-corrected chi connectivity index (χ2v) is 10.1. The Labute approximate surface area is 189 Å². The average molecular weight is 433 g/mol.